The highest BCUT2D eigenvalue weighted by atomic mass is 16.5. The predicted octanol–water partition coefficient (Wildman–Crippen LogP) is 1.55. The Hall–Kier alpha value is -1.10. The minimum atomic E-state index is -0.443. The van der Waals surface area contributed by atoms with Crippen LogP contribution in [0.5, 0.6) is 0 Å². The minimum Gasteiger partial charge on any atom is -0.387 e. The number of nitrogens with one attached hydrogen (secondary N) is 1. The van der Waals surface area contributed by atoms with E-state index in [1.165, 1.54) is 5.69 Å². The van der Waals surface area contributed by atoms with Crippen molar-refractivity contribution in [3.63, 3.8) is 0 Å². The summed E-state index contributed by atoms with van der Waals surface area (Å²) in [7, 11) is 1.84. The Morgan fingerprint density at radius 3 is 2.37 bits per heavy atom. The van der Waals surface area contributed by atoms with Crippen molar-refractivity contribution in [3.8, 4) is 0 Å². The number of hydrogen-bond acceptors (Lipinski definition) is 4. The molecule has 3 unspecified atom stereocenters. The van der Waals surface area contributed by atoms with E-state index in [1.807, 2.05) is 19.2 Å². The van der Waals surface area contributed by atoms with Crippen LogP contribution in [-0.4, -0.2) is 44.0 Å². The summed E-state index contributed by atoms with van der Waals surface area (Å²) >= 11 is 0. The standard InChI is InChI=1S/C15H24N2O2/c1-11-9-17(10-12(2)19-11)14-6-4-13(5-7-14)15(18)8-16-3/h4-7,11-12,15-16,18H,8-10H2,1-3H3. The Bertz CT molecular complexity index is 384. The number of anilines is 1. The number of aliphatic hydroxyl groups excluding tert-OH is 1. The van der Waals surface area contributed by atoms with Crippen molar-refractivity contribution in [1.82, 2.24) is 5.32 Å². The van der Waals surface area contributed by atoms with Gasteiger partial charge in [0.15, 0.2) is 0 Å². The van der Waals surface area contributed by atoms with Gasteiger partial charge in [-0.3, -0.25) is 0 Å². The van der Waals surface area contributed by atoms with Crippen LogP contribution in [0, 0.1) is 0 Å². The van der Waals surface area contributed by atoms with E-state index in [0.717, 1.165) is 18.7 Å². The molecular weight excluding hydrogens is 240 g/mol. The van der Waals surface area contributed by atoms with Gasteiger partial charge in [0.25, 0.3) is 0 Å². The summed E-state index contributed by atoms with van der Waals surface area (Å²) in [5.74, 6) is 0. The molecule has 1 aliphatic heterocycles. The summed E-state index contributed by atoms with van der Waals surface area (Å²) in [5, 5.41) is 12.9. The Morgan fingerprint density at radius 2 is 1.84 bits per heavy atom. The van der Waals surface area contributed by atoms with Crippen molar-refractivity contribution >= 4 is 5.69 Å². The summed E-state index contributed by atoms with van der Waals surface area (Å²) in [4.78, 5) is 2.34. The van der Waals surface area contributed by atoms with Gasteiger partial charge in [0.2, 0.25) is 0 Å². The quantitative estimate of drug-likeness (QED) is 0.866. The van der Waals surface area contributed by atoms with Crippen LogP contribution >= 0.6 is 0 Å². The third-order valence-corrected chi connectivity index (χ3v) is 3.46. The first-order valence-electron chi connectivity index (χ1n) is 6.93. The number of benzene rings is 1. The molecule has 106 valence electrons. The summed E-state index contributed by atoms with van der Waals surface area (Å²) in [6.07, 6.45) is 0.0817. The Balaban J connectivity index is 2.05. The number of morpholine rings is 1. The lowest BCUT2D eigenvalue weighted by molar-refractivity contribution is -0.00522. The number of ether oxygens (including phenoxy) is 1. The molecule has 0 bridgehead atoms. The second-order valence-electron chi connectivity index (χ2n) is 5.33. The van der Waals surface area contributed by atoms with Gasteiger partial charge >= 0.3 is 0 Å². The van der Waals surface area contributed by atoms with Crippen LogP contribution < -0.4 is 10.2 Å². The fraction of sp³-hybridized carbons (Fsp3) is 0.600. The highest BCUT2D eigenvalue weighted by Crippen LogP contribution is 2.22. The monoisotopic (exact) mass is 264 g/mol. The molecule has 1 saturated heterocycles. The number of likely N-dealkylation sites (N-methyl/N-ethyl adjacent to an activating group) is 1. The number of hydrogen-bond donors (Lipinski definition) is 2. The molecule has 0 saturated carbocycles. The molecule has 3 atom stereocenters. The highest BCUT2D eigenvalue weighted by Gasteiger charge is 2.22. The molecule has 1 fully saturated rings. The molecule has 1 aliphatic rings. The Labute approximate surface area is 115 Å². The second kappa shape index (κ2) is 6.37. The average Bonchev–Trinajstić information content (AvgIpc) is 2.38. The third-order valence-electron chi connectivity index (χ3n) is 3.46. The summed E-state index contributed by atoms with van der Waals surface area (Å²) in [6.45, 7) is 6.62. The molecule has 0 spiro atoms. The minimum absolute atomic E-state index is 0.262. The van der Waals surface area contributed by atoms with E-state index in [1.54, 1.807) is 0 Å². The van der Waals surface area contributed by atoms with E-state index in [4.69, 9.17) is 4.74 Å². The van der Waals surface area contributed by atoms with Crippen molar-refractivity contribution in [2.45, 2.75) is 32.2 Å². The van der Waals surface area contributed by atoms with E-state index in [-0.39, 0.29) is 12.2 Å². The second-order valence-corrected chi connectivity index (χ2v) is 5.33. The third kappa shape index (κ3) is 3.69. The maximum Gasteiger partial charge on any atom is 0.0914 e. The van der Waals surface area contributed by atoms with Crippen molar-refractivity contribution in [1.29, 1.82) is 0 Å². The molecule has 1 aromatic carbocycles. The molecule has 4 nitrogen and oxygen atoms in total. The first-order chi connectivity index (χ1) is 9.10. The molecule has 1 aromatic rings. The van der Waals surface area contributed by atoms with Crippen LogP contribution in [0.15, 0.2) is 24.3 Å². The SMILES string of the molecule is CNCC(O)c1ccc(N2CC(C)OC(C)C2)cc1. The van der Waals surface area contributed by atoms with Crippen molar-refractivity contribution < 1.29 is 9.84 Å². The number of aliphatic hydroxyl groups is 1. The average molecular weight is 264 g/mol. The molecule has 2 rings (SSSR count). The van der Waals surface area contributed by atoms with E-state index < -0.39 is 6.10 Å². The van der Waals surface area contributed by atoms with Gasteiger partial charge in [0, 0.05) is 25.3 Å². The Morgan fingerprint density at radius 1 is 1.26 bits per heavy atom. The molecule has 1 heterocycles. The molecule has 0 aliphatic carbocycles. The molecule has 0 aromatic heterocycles. The van der Waals surface area contributed by atoms with Crippen LogP contribution in [0.4, 0.5) is 5.69 Å². The topological polar surface area (TPSA) is 44.7 Å². The first kappa shape index (κ1) is 14.3. The lowest BCUT2D eigenvalue weighted by Gasteiger charge is -2.37. The molecule has 19 heavy (non-hydrogen) atoms. The zero-order valence-electron chi connectivity index (χ0n) is 12.0. The van der Waals surface area contributed by atoms with E-state index in [0.29, 0.717) is 6.54 Å². The zero-order valence-corrected chi connectivity index (χ0v) is 12.0. The van der Waals surface area contributed by atoms with Crippen molar-refractivity contribution in [3.05, 3.63) is 29.8 Å². The highest BCUT2D eigenvalue weighted by molar-refractivity contribution is 5.48. The lowest BCUT2D eigenvalue weighted by Crippen LogP contribution is -2.45. The van der Waals surface area contributed by atoms with Gasteiger partial charge in [0.1, 0.15) is 0 Å². The van der Waals surface area contributed by atoms with Crippen LogP contribution in [-0.2, 0) is 4.74 Å². The van der Waals surface area contributed by atoms with Crippen molar-refractivity contribution in [2.75, 3.05) is 31.6 Å². The lowest BCUT2D eigenvalue weighted by atomic mass is 10.1. The van der Waals surface area contributed by atoms with Gasteiger partial charge in [-0.1, -0.05) is 12.1 Å². The Kier molecular flexibility index (Phi) is 4.80. The number of rotatable bonds is 4. The smallest absolute Gasteiger partial charge is 0.0914 e. The normalized spacial score (nSPS) is 25.4. The predicted molar refractivity (Wildman–Crippen MR) is 77.6 cm³/mol. The number of nitrogens with zero attached hydrogens (tertiary/aromatic N) is 1. The summed E-state index contributed by atoms with van der Waals surface area (Å²) < 4.78 is 5.74. The van der Waals surface area contributed by atoms with E-state index >= 15 is 0 Å². The fourth-order valence-electron chi connectivity index (χ4n) is 2.61. The zero-order chi connectivity index (χ0) is 13.8. The van der Waals surface area contributed by atoms with Gasteiger partial charge in [-0.15, -0.1) is 0 Å². The van der Waals surface area contributed by atoms with E-state index in [9.17, 15) is 5.11 Å². The first-order valence-corrected chi connectivity index (χ1v) is 6.93. The van der Waals surface area contributed by atoms with Crippen LogP contribution in [0.1, 0.15) is 25.5 Å². The summed E-state index contributed by atoms with van der Waals surface area (Å²) in [5.41, 5.74) is 2.15. The molecule has 2 N–H and O–H groups in total. The molecule has 4 heteroatoms. The van der Waals surface area contributed by atoms with Gasteiger partial charge in [-0.2, -0.15) is 0 Å². The largest absolute Gasteiger partial charge is 0.387 e. The maximum absolute atomic E-state index is 9.91. The van der Waals surface area contributed by atoms with Gasteiger partial charge < -0.3 is 20.1 Å². The maximum atomic E-state index is 9.91. The molecular formula is C15H24N2O2. The van der Waals surface area contributed by atoms with Crippen LogP contribution in [0.3, 0.4) is 0 Å². The fourth-order valence-corrected chi connectivity index (χ4v) is 2.61. The molecule has 0 amide bonds. The van der Waals surface area contributed by atoms with Crippen LogP contribution in [0.2, 0.25) is 0 Å². The van der Waals surface area contributed by atoms with Gasteiger partial charge in [-0.25, -0.2) is 0 Å². The molecule has 0 radical (unpaired) electrons. The van der Waals surface area contributed by atoms with Gasteiger partial charge in [-0.05, 0) is 38.6 Å². The van der Waals surface area contributed by atoms with Crippen LogP contribution in [0.25, 0.3) is 0 Å². The van der Waals surface area contributed by atoms with Gasteiger partial charge in [0.05, 0.1) is 18.3 Å². The van der Waals surface area contributed by atoms with E-state index in [2.05, 4.69) is 36.2 Å². The summed E-state index contributed by atoms with van der Waals surface area (Å²) in [6, 6.07) is 8.17. The van der Waals surface area contributed by atoms with Crippen molar-refractivity contribution in [2.24, 2.45) is 0 Å².